The highest BCUT2D eigenvalue weighted by atomic mass is 16.4. The third-order valence-corrected chi connectivity index (χ3v) is 14.0. The minimum Gasteiger partial charge on any atom is -0.479 e. The molecule has 0 bridgehead atoms. The third-order valence-electron chi connectivity index (χ3n) is 14.0. The van der Waals surface area contributed by atoms with Crippen molar-refractivity contribution in [3.8, 4) is 0 Å². The molecular weight excluding hydrogens is 596 g/mol. The number of hydrogen-bond donors (Lipinski definition) is 9. The van der Waals surface area contributed by atoms with Crippen LogP contribution in [0.15, 0.2) is 0 Å². The number of aliphatic hydroxyl groups is 4. The number of aliphatic carboxylic acids is 1. The Labute approximate surface area is 284 Å². The van der Waals surface area contributed by atoms with Crippen LogP contribution in [0.5, 0.6) is 0 Å². The molecule has 10 N–H and O–H groups in total. The van der Waals surface area contributed by atoms with Crippen molar-refractivity contribution >= 4 is 5.97 Å². The van der Waals surface area contributed by atoms with Crippen LogP contribution in [0.25, 0.3) is 0 Å². The highest BCUT2D eigenvalue weighted by Gasteiger charge is 2.65. The van der Waals surface area contributed by atoms with Gasteiger partial charge in [0.05, 0.1) is 18.3 Å². The van der Waals surface area contributed by atoms with Crippen molar-refractivity contribution in [2.45, 2.75) is 141 Å². The second-order valence-corrected chi connectivity index (χ2v) is 16.7. The zero-order valence-electron chi connectivity index (χ0n) is 29.9. The Morgan fingerprint density at radius 1 is 0.915 bits per heavy atom. The maximum Gasteiger partial charge on any atom is 0.338 e. The summed E-state index contributed by atoms with van der Waals surface area (Å²) >= 11 is 0. The standard InChI is InChI=1S/C37H70N4O6/c1-24(9-12-31(43)37(4,47)34(45)46)27-10-11-28-33-29(23-32(44)36(27,28)3)35(2)14-13-26(21-25(35)22-30(33)42)41-20-8-19-40-17-6-5-16-39-18-7-15-38/h24-33,39-44,47H,5-23,38H2,1-4H3,(H,45,46)/t24-,25-,26+,27-,28?,29?,30-,31?,32?,33?,35+,36-,37?/m1/s1. The minimum absolute atomic E-state index is 0.126. The summed E-state index contributed by atoms with van der Waals surface area (Å²) in [5.74, 6) is 0.173. The second kappa shape index (κ2) is 16.9. The van der Waals surface area contributed by atoms with Crippen LogP contribution in [-0.4, -0.2) is 101 Å². The van der Waals surface area contributed by atoms with Crippen molar-refractivity contribution in [3.05, 3.63) is 0 Å². The minimum atomic E-state index is -2.17. The average molecular weight is 667 g/mol. The molecule has 0 heterocycles. The van der Waals surface area contributed by atoms with E-state index in [1.807, 2.05) is 0 Å². The van der Waals surface area contributed by atoms with Crippen molar-refractivity contribution in [2.24, 2.45) is 52.1 Å². The quantitative estimate of drug-likeness (QED) is 0.0931. The van der Waals surface area contributed by atoms with Crippen molar-refractivity contribution in [2.75, 3.05) is 39.3 Å². The first-order valence-electron chi connectivity index (χ1n) is 19.1. The molecule has 4 saturated carbocycles. The Bertz CT molecular complexity index is 986. The zero-order chi connectivity index (χ0) is 34.4. The molecule has 6 unspecified atom stereocenters. The summed E-state index contributed by atoms with van der Waals surface area (Å²) in [7, 11) is 0. The molecule has 4 rings (SSSR count). The number of nitrogens with two attached hydrogens (primary N) is 1. The summed E-state index contributed by atoms with van der Waals surface area (Å²) in [4.78, 5) is 11.4. The number of fused-ring (bicyclic) bond motifs is 5. The molecule has 0 aromatic rings. The average Bonchev–Trinajstić information content (AvgIpc) is 3.39. The molecule has 0 radical (unpaired) electrons. The van der Waals surface area contributed by atoms with Gasteiger partial charge in [-0.15, -0.1) is 0 Å². The zero-order valence-corrected chi connectivity index (χ0v) is 29.9. The number of hydrogen-bond acceptors (Lipinski definition) is 9. The lowest BCUT2D eigenvalue weighted by Gasteiger charge is -2.64. The van der Waals surface area contributed by atoms with Crippen molar-refractivity contribution in [3.63, 3.8) is 0 Å². The Morgan fingerprint density at radius 3 is 2.23 bits per heavy atom. The van der Waals surface area contributed by atoms with E-state index in [1.54, 1.807) is 0 Å². The molecule has 0 saturated heterocycles. The molecule has 47 heavy (non-hydrogen) atoms. The van der Waals surface area contributed by atoms with Crippen molar-refractivity contribution in [1.29, 1.82) is 0 Å². The molecule has 4 aliphatic carbocycles. The summed E-state index contributed by atoms with van der Waals surface area (Å²) in [6, 6.07) is 0.490. The van der Waals surface area contributed by atoms with Gasteiger partial charge in [-0.25, -0.2) is 4.79 Å². The molecule has 13 atom stereocenters. The van der Waals surface area contributed by atoms with E-state index in [0.29, 0.717) is 24.3 Å². The number of nitrogens with one attached hydrogen (secondary N) is 3. The fourth-order valence-electron chi connectivity index (χ4n) is 10.9. The van der Waals surface area contributed by atoms with Gasteiger partial charge in [-0.05, 0) is 176 Å². The largest absolute Gasteiger partial charge is 0.479 e. The van der Waals surface area contributed by atoms with E-state index < -0.39 is 23.8 Å². The Balaban J connectivity index is 1.25. The fourth-order valence-corrected chi connectivity index (χ4v) is 10.9. The molecule has 10 nitrogen and oxygen atoms in total. The molecule has 0 aromatic carbocycles. The van der Waals surface area contributed by atoms with E-state index in [2.05, 4.69) is 36.7 Å². The highest BCUT2D eigenvalue weighted by Crippen LogP contribution is 2.68. The van der Waals surface area contributed by atoms with E-state index >= 15 is 0 Å². The van der Waals surface area contributed by atoms with Crippen LogP contribution in [0.3, 0.4) is 0 Å². The van der Waals surface area contributed by atoms with Crippen LogP contribution >= 0.6 is 0 Å². The van der Waals surface area contributed by atoms with Crippen molar-refractivity contribution in [1.82, 2.24) is 16.0 Å². The number of aliphatic hydroxyl groups excluding tert-OH is 3. The van der Waals surface area contributed by atoms with Gasteiger partial charge in [0.1, 0.15) is 0 Å². The highest BCUT2D eigenvalue weighted by molar-refractivity contribution is 5.77. The van der Waals surface area contributed by atoms with E-state index in [4.69, 9.17) is 5.73 Å². The van der Waals surface area contributed by atoms with E-state index in [9.17, 15) is 30.3 Å². The molecule has 0 aromatic heterocycles. The number of unbranched alkanes of at least 4 members (excludes halogenated alkanes) is 1. The first kappa shape index (κ1) is 38.9. The van der Waals surface area contributed by atoms with E-state index in [-0.39, 0.29) is 47.0 Å². The predicted octanol–water partition coefficient (Wildman–Crippen LogP) is 2.86. The fraction of sp³-hybridized carbons (Fsp3) is 0.973. The summed E-state index contributed by atoms with van der Waals surface area (Å²) in [5, 5.41) is 64.5. The van der Waals surface area contributed by atoms with Gasteiger partial charge in [-0.2, -0.15) is 0 Å². The maximum atomic E-state index is 11.9. The van der Waals surface area contributed by atoms with Crippen LogP contribution in [0.4, 0.5) is 0 Å². The van der Waals surface area contributed by atoms with Crippen LogP contribution in [0.1, 0.15) is 111 Å². The first-order chi connectivity index (χ1) is 22.3. The normalized spacial score (nSPS) is 39.3. The molecular formula is C37H70N4O6. The molecule has 0 amide bonds. The Hall–Kier alpha value is -0.850. The molecule has 10 heteroatoms. The number of carbonyl (C=O) groups is 1. The predicted molar refractivity (Wildman–Crippen MR) is 186 cm³/mol. The Morgan fingerprint density at radius 2 is 1.57 bits per heavy atom. The molecule has 0 aliphatic heterocycles. The summed E-state index contributed by atoms with van der Waals surface area (Å²) < 4.78 is 0. The number of rotatable bonds is 19. The number of carboxylic acid groups (broad SMARTS) is 1. The first-order valence-corrected chi connectivity index (χ1v) is 19.1. The summed E-state index contributed by atoms with van der Waals surface area (Å²) in [6.07, 6.45) is 10.1. The van der Waals surface area contributed by atoms with Gasteiger partial charge < -0.3 is 47.2 Å². The Kier molecular flexibility index (Phi) is 14.0. The van der Waals surface area contributed by atoms with Crippen LogP contribution in [0, 0.1) is 46.3 Å². The van der Waals surface area contributed by atoms with E-state index in [1.165, 1.54) is 12.8 Å². The second-order valence-electron chi connectivity index (χ2n) is 16.7. The van der Waals surface area contributed by atoms with Crippen LogP contribution < -0.4 is 21.7 Å². The lowest BCUT2D eigenvalue weighted by Crippen LogP contribution is -2.62. The lowest BCUT2D eigenvalue weighted by molar-refractivity contribution is -0.202. The van der Waals surface area contributed by atoms with Gasteiger partial charge in [0, 0.05) is 6.04 Å². The summed E-state index contributed by atoms with van der Waals surface area (Å²) in [6.45, 7) is 13.9. The van der Waals surface area contributed by atoms with Gasteiger partial charge in [-0.3, -0.25) is 0 Å². The molecule has 4 aliphatic rings. The van der Waals surface area contributed by atoms with Gasteiger partial charge in [0.2, 0.25) is 0 Å². The van der Waals surface area contributed by atoms with Gasteiger partial charge >= 0.3 is 5.97 Å². The molecule has 274 valence electrons. The van der Waals surface area contributed by atoms with Crippen molar-refractivity contribution < 1.29 is 30.3 Å². The molecule has 4 fully saturated rings. The van der Waals surface area contributed by atoms with Gasteiger partial charge in [0.15, 0.2) is 5.60 Å². The lowest BCUT2D eigenvalue weighted by atomic mass is 9.43. The summed E-state index contributed by atoms with van der Waals surface area (Å²) in [5.41, 5.74) is 3.16. The third kappa shape index (κ3) is 8.55. The smallest absolute Gasteiger partial charge is 0.338 e. The van der Waals surface area contributed by atoms with Crippen LogP contribution in [-0.2, 0) is 4.79 Å². The maximum absolute atomic E-state index is 11.9. The van der Waals surface area contributed by atoms with E-state index in [0.717, 1.165) is 104 Å². The monoisotopic (exact) mass is 667 g/mol. The van der Waals surface area contributed by atoms with Gasteiger partial charge in [-0.1, -0.05) is 20.8 Å². The topological polar surface area (TPSA) is 180 Å². The molecule has 0 spiro atoms. The number of carboxylic acids is 1. The van der Waals surface area contributed by atoms with Gasteiger partial charge in [0.25, 0.3) is 0 Å². The van der Waals surface area contributed by atoms with Crippen LogP contribution in [0.2, 0.25) is 0 Å². The SMILES string of the molecule is C[C@H](CCC(O)C(C)(O)C(=O)O)[C@H]1CCC2C3C(CC(O)[C@@]21C)[C@@]1(C)CC[C@H](NCCCNCCCCNCCCN)C[C@@H]1C[C@H]3O.